The van der Waals surface area contributed by atoms with E-state index in [4.69, 9.17) is 37.9 Å². The second-order valence-corrected chi connectivity index (χ2v) is 23.5. The number of cyclic esters (lactones) is 1. The van der Waals surface area contributed by atoms with E-state index in [1.807, 2.05) is 70.8 Å². The fraction of sp³-hybridized carbons (Fsp3) is 0.793. The molecule has 17 atom stereocenters. The number of rotatable bonds is 20. The number of aliphatic hydroxyl groups is 4. The monoisotopic (exact) mass is 1110 g/mol. The maximum atomic E-state index is 14.3. The molecule has 78 heavy (non-hydrogen) atoms. The fourth-order valence-electron chi connectivity index (χ4n) is 12.0. The van der Waals surface area contributed by atoms with Crippen molar-refractivity contribution in [1.29, 1.82) is 0 Å². The van der Waals surface area contributed by atoms with Crippen molar-refractivity contribution in [3.05, 3.63) is 45.7 Å². The molecule has 4 heterocycles. The van der Waals surface area contributed by atoms with Crippen LogP contribution in [0.5, 0.6) is 0 Å². The minimum atomic E-state index is -1.84. The van der Waals surface area contributed by atoms with Crippen molar-refractivity contribution in [1.82, 2.24) is 14.4 Å². The van der Waals surface area contributed by atoms with E-state index in [2.05, 4.69) is 0 Å². The number of aryl methyl sites for hydroxylation is 2. The maximum absolute atomic E-state index is 14.3. The minimum Gasteiger partial charge on any atom is -0.477 e. The number of hydrogen-bond acceptors (Lipinski definition) is 18. The lowest BCUT2D eigenvalue weighted by molar-refractivity contribution is -0.315. The summed E-state index contributed by atoms with van der Waals surface area (Å²) in [6, 6.07) is 4.68. The number of carboxylic acids is 1. The first-order chi connectivity index (χ1) is 36.6. The molecule has 0 unspecified atom stereocenters. The molecular formula is C58H95N3O17. The minimum absolute atomic E-state index is 0.0700. The van der Waals surface area contributed by atoms with Crippen LogP contribution in [-0.2, 0) is 60.4 Å². The Morgan fingerprint density at radius 1 is 0.910 bits per heavy atom. The molecule has 2 aromatic rings. The molecule has 444 valence electrons. The number of esters is 2. The zero-order valence-corrected chi connectivity index (χ0v) is 49.0. The first kappa shape index (κ1) is 65.2. The number of methoxy groups -OCH3 is 1. The second kappa shape index (κ2) is 28.4. The molecule has 1 aromatic heterocycles. The number of carboxylic acid groups (broad SMARTS) is 1. The smallest absolute Gasteiger partial charge is 0.341 e. The number of hydrogen-bond donors (Lipinski definition) is 5. The average molecular weight is 1110 g/mol. The van der Waals surface area contributed by atoms with Gasteiger partial charge in [0.25, 0.3) is 0 Å². The number of aromatic carboxylic acids is 1. The lowest BCUT2D eigenvalue weighted by Gasteiger charge is -2.48. The summed E-state index contributed by atoms with van der Waals surface area (Å²) in [6.45, 7) is 19.8. The lowest BCUT2D eigenvalue weighted by Crippen LogP contribution is -2.60. The van der Waals surface area contributed by atoms with Crippen LogP contribution in [0.2, 0.25) is 0 Å². The molecule has 0 saturated carbocycles. The van der Waals surface area contributed by atoms with Crippen LogP contribution in [0.4, 0.5) is 0 Å². The van der Waals surface area contributed by atoms with Gasteiger partial charge in [0.2, 0.25) is 5.43 Å². The molecule has 0 spiro atoms. The Hall–Kier alpha value is -3.64. The molecule has 0 aliphatic carbocycles. The summed E-state index contributed by atoms with van der Waals surface area (Å²) in [5, 5.41) is 57.8. The van der Waals surface area contributed by atoms with Crippen LogP contribution in [0.15, 0.2) is 29.2 Å². The molecular weight excluding hydrogens is 1010 g/mol. The van der Waals surface area contributed by atoms with Gasteiger partial charge in [-0.15, -0.1) is 0 Å². The normalized spacial score (nSPS) is 36.0. The summed E-state index contributed by atoms with van der Waals surface area (Å²) in [6.07, 6.45) is -4.22. The van der Waals surface area contributed by atoms with Crippen LogP contribution in [0, 0.1) is 11.8 Å². The Bertz CT molecular complexity index is 2330. The van der Waals surface area contributed by atoms with Crippen molar-refractivity contribution in [3.8, 4) is 0 Å². The third-order valence-electron chi connectivity index (χ3n) is 16.7. The van der Waals surface area contributed by atoms with Crippen molar-refractivity contribution in [2.45, 2.75) is 237 Å². The van der Waals surface area contributed by atoms with Gasteiger partial charge in [-0.1, -0.05) is 33.3 Å². The number of likely N-dealkylation sites (N-methyl/N-ethyl adjacent to an activating group) is 2. The maximum Gasteiger partial charge on any atom is 0.341 e. The van der Waals surface area contributed by atoms with Crippen molar-refractivity contribution < 1.29 is 77.8 Å². The highest BCUT2D eigenvalue weighted by Crippen LogP contribution is 2.40. The van der Waals surface area contributed by atoms with E-state index < -0.39 is 107 Å². The average Bonchev–Trinajstić information content (AvgIpc) is 3.46. The number of benzene rings is 1. The van der Waals surface area contributed by atoms with E-state index in [0.717, 1.165) is 18.4 Å². The van der Waals surface area contributed by atoms with Crippen LogP contribution in [0.1, 0.15) is 149 Å². The largest absolute Gasteiger partial charge is 0.477 e. The summed E-state index contributed by atoms with van der Waals surface area (Å²) >= 11 is 0. The van der Waals surface area contributed by atoms with E-state index in [-0.39, 0.29) is 55.7 Å². The number of aromatic nitrogens is 1. The summed E-state index contributed by atoms with van der Waals surface area (Å²) in [7, 11) is 7.10. The quantitative estimate of drug-likeness (QED) is 0.0816. The lowest BCUT2D eigenvalue weighted by atomic mass is 9.79. The molecule has 3 aliphatic rings. The molecule has 5 N–H and O–H groups in total. The highest BCUT2D eigenvalue weighted by Gasteiger charge is 2.52. The topological polar surface area (TPSA) is 255 Å². The number of carbonyl (C=O) groups is 3. The Balaban J connectivity index is 1.24. The van der Waals surface area contributed by atoms with E-state index >= 15 is 0 Å². The van der Waals surface area contributed by atoms with Gasteiger partial charge in [0, 0.05) is 75.8 Å². The zero-order valence-electron chi connectivity index (χ0n) is 49.0. The number of unbranched alkanes of at least 4 members (excludes halogenated alkanes) is 2. The van der Waals surface area contributed by atoms with E-state index in [1.165, 1.54) is 20.2 Å². The highest BCUT2D eigenvalue weighted by atomic mass is 16.7. The van der Waals surface area contributed by atoms with Crippen molar-refractivity contribution in [2.75, 3.05) is 48.0 Å². The van der Waals surface area contributed by atoms with Gasteiger partial charge in [-0.3, -0.25) is 14.4 Å². The van der Waals surface area contributed by atoms with Gasteiger partial charge in [0.05, 0.1) is 42.0 Å². The van der Waals surface area contributed by atoms with E-state index in [0.29, 0.717) is 62.9 Å². The second-order valence-electron chi connectivity index (χ2n) is 23.5. The van der Waals surface area contributed by atoms with Crippen LogP contribution in [0.25, 0.3) is 10.9 Å². The zero-order chi connectivity index (χ0) is 58.0. The predicted molar refractivity (Wildman–Crippen MR) is 292 cm³/mol. The van der Waals surface area contributed by atoms with Gasteiger partial charge in [-0.2, -0.15) is 0 Å². The Morgan fingerprint density at radius 3 is 2.24 bits per heavy atom. The summed E-state index contributed by atoms with van der Waals surface area (Å²) in [5.41, 5.74) is -3.70. The molecule has 0 bridgehead atoms. The summed E-state index contributed by atoms with van der Waals surface area (Å²) < 4.78 is 52.2. The van der Waals surface area contributed by atoms with Gasteiger partial charge < -0.3 is 77.8 Å². The number of ether oxygens (including phenoxy) is 8. The third kappa shape index (κ3) is 16.3. The molecule has 0 amide bonds. The van der Waals surface area contributed by atoms with Crippen LogP contribution >= 0.6 is 0 Å². The van der Waals surface area contributed by atoms with Gasteiger partial charge >= 0.3 is 17.9 Å². The van der Waals surface area contributed by atoms with Gasteiger partial charge in [-0.25, -0.2) is 4.79 Å². The molecule has 20 nitrogen and oxygen atoms in total. The molecule has 3 saturated heterocycles. The standard InChI is InChI=1S/C58H95N3O17/c1-15-45-58(10,70)51(66)37(6)60(13)32-34(3)30-56(8,69)52(78-55-50(65)43(59(11)12)27-35(4)73-55)36(5)44(29-47(63)76-45)75-48-31-57(9,71-14)53(38(7)74-48)77-46(62)22-18-17-19-25-72-26-20-21-39-23-24-42-40(28-39)49(64)41(54(67)68)33-61(42)16-2/h23-24,28,33-38,43-45,48,50-53,55,65-66,69-70H,15-22,25-27,29-32H2,1-14H3,(H,67,68)/t34-,35-,36+,37-,38+,43+,44-,45-,48+,50-,51-,52-,53+,55+,56-,57-,58-/m1/s1. The predicted octanol–water partition coefficient (Wildman–Crippen LogP) is 5.45. The fourth-order valence-corrected chi connectivity index (χ4v) is 12.0. The third-order valence-corrected chi connectivity index (χ3v) is 16.7. The number of aliphatic hydroxyl groups excluding tert-OH is 2. The molecule has 5 rings (SSSR count). The Kier molecular flexibility index (Phi) is 23.7. The van der Waals surface area contributed by atoms with Gasteiger partial charge in [-0.05, 0) is 138 Å². The molecule has 0 radical (unpaired) electrons. The van der Waals surface area contributed by atoms with Crippen LogP contribution in [-0.4, -0.2) is 196 Å². The van der Waals surface area contributed by atoms with Gasteiger partial charge in [0.1, 0.15) is 35.1 Å². The molecule has 1 aromatic carbocycles. The molecule has 3 aliphatic heterocycles. The first-order valence-electron chi connectivity index (χ1n) is 28.3. The number of nitrogens with zero attached hydrogens (tertiary/aromatic N) is 3. The van der Waals surface area contributed by atoms with Gasteiger partial charge in [0.15, 0.2) is 18.7 Å². The summed E-state index contributed by atoms with van der Waals surface area (Å²) in [4.78, 5) is 56.1. The Morgan fingerprint density at radius 2 is 1.60 bits per heavy atom. The van der Waals surface area contributed by atoms with Crippen molar-refractivity contribution >= 4 is 28.8 Å². The number of pyridine rings is 1. The summed E-state index contributed by atoms with van der Waals surface area (Å²) in [5.74, 6) is -3.39. The van der Waals surface area contributed by atoms with E-state index in [1.54, 1.807) is 45.3 Å². The van der Waals surface area contributed by atoms with Crippen LogP contribution in [0.3, 0.4) is 0 Å². The van der Waals surface area contributed by atoms with E-state index in [9.17, 15) is 44.7 Å². The molecule has 3 fully saturated rings. The highest BCUT2D eigenvalue weighted by molar-refractivity contribution is 5.92. The number of carbonyl (C=O) groups excluding carboxylic acids is 2. The number of fused-ring (bicyclic) bond motifs is 1. The SMILES string of the molecule is CC[C@H]1OC(=O)C[C@@H](O[C@H]2C[C@@](C)(OC)[C@@H](OC(=O)CCCCCOCCCc3ccc4c(c3)c(=O)c(C(=O)O)cn4CC)[C@H](C)O2)[C@H](C)[C@@H](O[C@@H]2O[C@H](C)C[C@H](N(C)C)[C@H]2O)[C@](C)(O)C[C@@H](C)CN(C)[C@H](C)[C@@H](O)[C@]1(C)O. The Labute approximate surface area is 461 Å². The molecule has 20 heteroatoms. The van der Waals surface area contributed by atoms with Crippen molar-refractivity contribution in [3.63, 3.8) is 0 Å². The first-order valence-corrected chi connectivity index (χ1v) is 28.3. The van der Waals surface area contributed by atoms with Crippen molar-refractivity contribution in [2.24, 2.45) is 11.8 Å². The van der Waals surface area contributed by atoms with Crippen LogP contribution < -0.4 is 5.43 Å².